The third-order valence-electron chi connectivity index (χ3n) is 2.86. The fourth-order valence-corrected chi connectivity index (χ4v) is 4.04. The highest BCUT2D eigenvalue weighted by Gasteiger charge is 2.16. The van der Waals surface area contributed by atoms with Gasteiger partial charge in [-0.1, -0.05) is 29.8 Å². The predicted octanol–water partition coefficient (Wildman–Crippen LogP) is 4.69. The Balaban J connectivity index is 1.78. The fraction of sp³-hybridized carbons (Fsp3) is 0.0667. The average Bonchev–Trinajstić information content (AvgIpc) is 3.03. The first-order valence-corrected chi connectivity index (χ1v) is 8.23. The molecule has 0 aliphatic carbocycles. The highest BCUT2D eigenvalue weighted by Crippen LogP contribution is 2.34. The number of fused-ring (bicyclic) bond motifs is 1. The van der Waals surface area contributed by atoms with Gasteiger partial charge in [0.1, 0.15) is 4.88 Å². The van der Waals surface area contributed by atoms with E-state index in [1.54, 1.807) is 17.6 Å². The zero-order valence-electron chi connectivity index (χ0n) is 11.1. The Morgan fingerprint density at radius 3 is 2.76 bits per heavy atom. The number of nitrogens with zero attached hydrogens (tertiary/aromatic N) is 1. The summed E-state index contributed by atoms with van der Waals surface area (Å²) in [6, 6.07) is 11.6. The zero-order chi connectivity index (χ0) is 14.8. The van der Waals surface area contributed by atoms with Crippen molar-refractivity contribution in [3.63, 3.8) is 0 Å². The van der Waals surface area contributed by atoms with Crippen LogP contribution in [-0.4, -0.2) is 12.1 Å². The normalized spacial score (nSPS) is 11.3. The average molecular weight is 335 g/mol. The van der Waals surface area contributed by atoms with Crippen molar-refractivity contribution in [2.24, 2.45) is 5.10 Å². The number of hydrogen-bond donors (Lipinski definition) is 1. The van der Waals surface area contributed by atoms with Gasteiger partial charge in [-0.25, -0.2) is 5.43 Å². The number of benzene rings is 1. The highest BCUT2D eigenvalue weighted by molar-refractivity contribution is 7.21. The summed E-state index contributed by atoms with van der Waals surface area (Å²) in [5, 5.41) is 5.35. The maximum atomic E-state index is 12.1. The lowest BCUT2D eigenvalue weighted by atomic mass is 10.2. The lowest BCUT2D eigenvalue weighted by Gasteiger charge is -1.96. The number of hydrazone groups is 1. The van der Waals surface area contributed by atoms with Gasteiger partial charge in [-0.15, -0.1) is 22.7 Å². The van der Waals surface area contributed by atoms with Gasteiger partial charge in [-0.2, -0.15) is 5.10 Å². The number of aryl methyl sites for hydroxylation is 1. The summed E-state index contributed by atoms with van der Waals surface area (Å²) >= 11 is 9.24. The molecule has 1 aromatic carbocycles. The molecular weight excluding hydrogens is 324 g/mol. The SMILES string of the molecule is Cc1ccc(/C=N/NC(=O)c2sc3ccccc3c2Cl)s1. The van der Waals surface area contributed by atoms with Crippen LogP contribution in [0.15, 0.2) is 41.5 Å². The van der Waals surface area contributed by atoms with Crippen molar-refractivity contribution in [2.75, 3.05) is 0 Å². The Hall–Kier alpha value is -1.69. The molecule has 0 bridgehead atoms. The number of nitrogens with one attached hydrogen (secondary N) is 1. The monoisotopic (exact) mass is 334 g/mol. The van der Waals surface area contributed by atoms with Crippen LogP contribution in [0.4, 0.5) is 0 Å². The van der Waals surface area contributed by atoms with Gasteiger partial charge in [0, 0.05) is 19.8 Å². The van der Waals surface area contributed by atoms with Gasteiger partial charge in [0.15, 0.2) is 0 Å². The van der Waals surface area contributed by atoms with Crippen LogP contribution in [0.3, 0.4) is 0 Å². The van der Waals surface area contributed by atoms with Crippen LogP contribution >= 0.6 is 34.3 Å². The number of halogens is 1. The van der Waals surface area contributed by atoms with E-state index >= 15 is 0 Å². The smallest absolute Gasteiger partial charge is 0.266 e. The van der Waals surface area contributed by atoms with Crippen LogP contribution in [0.5, 0.6) is 0 Å². The summed E-state index contributed by atoms with van der Waals surface area (Å²) in [4.78, 5) is 14.8. The molecule has 106 valence electrons. The van der Waals surface area contributed by atoms with E-state index in [0.29, 0.717) is 9.90 Å². The first-order valence-electron chi connectivity index (χ1n) is 6.22. The topological polar surface area (TPSA) is 41.5 Å². The Bertz CT molecular complexity index is 835. The van der Waals surface area contributed by atoms with E-state index in [-0.39, 0.29) is 5.91 Å². The van der Waals surface area contributed by atoms with E-state index in [1.807, 2.05) is 43.3 Å². The quantitative estimate of drug-likeness (QED) is 0.548. The highest BCUT2D eigenvalue weighted by atomic mass is 35.5. The summed E-state index contributed by atoms with van der Waals surface area (Å²) in [6.07, 6.45) is 1.64. The van der Waals surface area contributed by atoms with Crippen molar-refractivity contribution in [3.05, 3.63) is 56.1 Å². The largest absolute Gasteiger partial charge is 0.283 e. The predicted molar refractivity (Wildman–Crippen MR) is 91.0 cm³/mol. The number of thiophene rings is 2. The van der Waals surface area contributed by atoms with Crippen LogP contribution in [0.25, 0.3) is 10.1 Å². The van der Waals surface area contributed by atoms with Gasteiger partial charge in [0.25, 0.3) is 5.91 Å². The van der Waals surface area contributed by atoms with Crippen molar-refractivity contribution in [1.29, 1.82) is 0 Å². The molecule has 1 amide bonds. The Morgan fingerprint density at radius 1 is 1.24 bits per heavy atom. The van der Waals surface area contributed by atoms with Gasteiger partial charge < -0.3 is 0 Å². The molecule has 0 saturated heterocycles. The summed E-state index contributed by atoms with van der Waals surface area (Å²) in [7, 11) is 0. The van der Waals surface area contributed by atoms with Crippen molar-refractivity contribution in [1.82, 2.24) is 5.43 Å². The molecule has 0 aliphatic heterocycles. The van der Waals surface area contributed by atoms with Gasteiger partial charge >= 0.3 is 0 Å². The van der Waals surface area contributed by atoms with Crippen molar-refractivity contribution >= 4 is 56.5 Å². The lowest BCUT2D eigenvalue weighted by Crippen LogP contribution is -2.16. The van der Waals surface area contributed by atoms with Gasteiger partial charge in [-0.05, 0) is 25.1 Å². The molecule has 21 heavy (non-hydrogen) atoms. The molecule has 0 atom stereocenters. The number of hydrogen-bond acceptors (Lipinski definition) is 4. The molecule has 2 aromatic heterocycles. The summed E-state index contributed by atoms with van der Waals surface area (Å²) in [5.41, 5.74) is 2.52. The maximum Gasteiger partial charge on any atom is 0.283 e. The van der Waals surface area contributed by atoms with E-state index in [9.17, 15) is 4.79 Å². The van der Waals surface area contributed by atoms with Crippen molar-refractivity contribution in [3.8, 4) is 0 Å². The number of carbonyl (C=O) groups is 1. The number of carbonyl (C=O) groups excluding carboxylic acids is 1. The summed E-state index contributed by atoms with van der Waals surface area (Å²) in [6.45, 7) is 2.03. The standard InChI is InChI=1S/C15H11ClN2OS2/c1-9-6-7-10(20-9)8-17-18-15(19)14-13(16)11-4-2-3-5-12(11)21-14/h2-8H,1H3,(H,18,19)/b17-8+. The first kappa shape index (κ1) is 14.3. The fourth-order valence-electron chi connectivity index (χ4n) is 1.89. The van der Waals surface area contributed by atoms with E-state index in [4.69, 9.17) is 11.6 Å². The summed E-state index contributed by atoms with van der Waals surface area (Å²) in [5.74, 6) is -0.286. The third-order valence-corrected chi connectivity index (χ3v) is 5.47. The third kappa shape index (κ3) is 3.00. The van der Waals surface area contributed by atoms with Crippen LogP contribution in [0.2, 0.25) is 5.02 Å². The van der Waals surface area contributed by atoms with Crippen molar-refractivity contribution < 1.29 is 4.79 Å². The van der Waals surface area contributed by atoms with E-state index in [1.165, 1.54) is 16.2 Å². The van der Waals surface area contributed by atoms with E-state index in [2.05, 4.69) is 10.5 Å². The maximum absolute atomic E-state index is 12.1. The molecule has 3 nitrogen and oxygen atoms in total. The van der Waals surface area contributed by atoms with Crippen LogP contribution in [-0.2, 0) is 0 Å². The van der Waals surface area contributed by atoms with E-state index < -0.39 is 0 Å². The second-order valence-electron chi connectivity index (χ2n) is 4.39. The Morgan fingerprint density at radius 2 is 2.05 bits per heavy atom. The second-order valence-corrected chi connectivity index (χ2v) is 7.14. The molecule has 0 spiro atoms. The minimum atomic E-state index is -0.286. The molecule has 0 fully saturated rings. The molecule has 0 radical (unpaired) electrons. The molecule has 3 aromatic rings. The van der Waals surface area contributed by atoms with Gasteiger partial charge in [0.2, 0.25) is 0 Å². The zero-order valence-corrected chi connectivity index (χ0v) is 13.5. The Kier molecular flexibility index (Phi) is 4.05. The first-order chi connectivity index (χ1) is 10.1. The van der Waals surface area contributed by atoms with Crippen LogP contribution in [0.1, 0.15) is 19.4 Å². The van der Waals surface area contributed by atoms with Crippen LogP contribution in [0, 0.1) is 6.92 Å². The van der Waals surface area contributed by atoms with Crippen LogP contribution < -0.4 is 5.43 Å². The molecule has 6 heteroatoms. The molecule has 2 heterocycles. The van der Waals surface area contributed by atoms with Gasteiger partial charge in [-0.3, -0.25) is 4.79 Å². The van der Waals surface area contributed by atoms with E-state index in [0.717, 1.165) is 15.0 Å². The van der Waals surface area contributed by atoms with Crippen molar-refractivity contribution in [2.45, 2.75) is 6.92 Å². The molecule has 3 rings (SSSR count). The molecule has 1 N–H and O–H groups in total. The Labute approximate surface area is 134 Å². The lowest BCUT2D eigenvalue weighted by molar-refractivity contribution is 0.0959. The van der Waals surface area contributed by atoms with Gasteiger partial charge in [0.05, 0.1) is 11.2 Å². The number of rotatable bonds is 3. The second kappa shape index (κ2) is 5.97. The molecule has 0 aliphatic rings. The molecular formula is C15H11ClN2OS2. The number of amides is 1. The molecule has 0 unspecified atom stereocenters. The minimum absolute atomic E-state index is 0.286. The minimum Gasteiger partial charge on any atom is -0.266 e. The molecule has 0 saturated carbocycles. The summed E-state index contributed by atoms with van der Waals surface area (Å²) < 4.78 is 0.991.